The Kier molecular flexibility index (Phi) is 4.75. The van der Waals surface area contributed by atoms with E-state index < -0.39 is 0 Å². The molecule has 4 nitrogen and oxygen atoms in total. The van der Waals surface area contributed by atoms with E-state index in [9.17, 15) is 9.59 Å². The van der Waals surface area contributed by atoms with Crippen LogP contribution in [0.25, 0.3) is 6.08 Å². The Labute approximate surface area is 147 Å². The standard InChI is InChI=1S/C16H13ClN2O2S2/c1-2-19-15(20)13(18-16(19)21)9-12-7-8-14(23-12)22-11-5-3-10(17)4-6-11/h3-9H,2H2,1H3,(H,18,21)/b13-9+. The van der Waals surface area contributed by atoms with Crippen LogP contribution in [0.1, 0.15) is 11.8 Å². The second-order valence-corrected chi connectivity index (χ2v) is 7.68. The zero-order valence-electron chi connectivity index (χ0n) is 12.2. The molecule has 0 bridgehead atoms. The van der Waals surface area contributed by atoms with Crippen LogP contribution >= 0.6 is 34.7 Å². The minimum Gasteiger partial charge on any atom is -0.303 e. The fourth-order valence-electron chi connectivity index (χ4n) is 2.09. The molecule has 1 N–H and O–H groups in total. The van der Waals surface area contributed by atoms with E-state index in [1.165, 1.54) is 4.90 Å². The summed E-state index contributed by atoms with van der Waals surface area (Å²) in [6, 6.07) is 11.2. The molecule has 1 fully saturated rings. The number of urea groups is 1. The van der Waals surface area contributed by atoms with Crippen LogP contribution in [0.4, 0.5) is 4.79 Å². The van der Waals surface area contributed by atoms with Crippen LogP contribution in [0, 0.1) is 0 Å². The summed E-state index contributed by atoms with van der Waals surface area (Å²) < 4.78 is 1.10. The molecule has 1 aliphatic heterocycles. The van der Waals surface area contributed by atoms with Gasteiger partial charge in [0.25, 0.3) is 5.91 Å². The molecule has 2 heterocycles. The topological polar surface area (TPSA) is 49.4 Å². The normalized spacial score (nSPS) is 16.3. The molecule has 3 rings (SSSR count). The lowest BCUT2D eigenvalue weighted by Crippen LogP contribution is -2.30. The fourth-order valence-corrected chi connectivity index (χ4v) is 4.28. The van der Waals surface area contributed by atoms with E-state index in [1.807, 2.05) is 36.4 Å². The van der Waals surface area contributed by atoms with Crippen molar-refractivity contribution in [3.8, 4) is 0 Å². The van der Waals surface area contributed by atoms with Gasteiger partial charge in [-0.3, -0.25) is 9.69 Å². The Morgan fingerprint density at radius 2 is 1.96 bits per heavy atom. The zero-order valence-corrected chi connectivity index (χ0v) is 14.6. The highest BCUT2D eigenvalue weighted by Crippen LogP contribution is 2.34. The SMILES string of the molecule is CCN1C(=O)N/C(=C/c2ccc(Sc3ccc(Cl)cc3)s2)C1=O. The number of nitrogens with one attached hydrogen (secondary N) is 1. The molecular weight excluding hydrogens is 352 g/mol. The molecule has 1 aromatic carbocycles. The van der Waals surface area contributed by atoms with Crippen LogP contribution in [0.15, 0.2) is 51.2 Å². The van der Waals surface area contributed by atoms with Crippen molar-refractivity contribution >= 4 is 52.7 Å². The van der Waals surface area contributed by atoms with Gasteiger partial charge in [0.15, 0.2) is 0 Å². The minimum atomic E-state index is -0.365. The number of rotatable bonds is 4. The highest BCUT2D eigenvalue weighted by molar-refractivity contribution is 8.01. The first-order valence-electron chi connectivity index (χ1n) is 6.94. The van der Waals surface area contributed by atoms with Gasteiger partial charge in [0.1, 0.15) is 5.70 Å². The minimum absolute atomic E-state index is 0.280. The number of amides is 3. The number of thiophene rings is 1. The quantitative estimate of drug-likeness (QED) is 0.643. The summed E-state index contributed by atoms with van der Waals surface area (Å²) >= 11 is 9.07. The van der Waals surface area contributed by atoms with E-state index in [0.29, 0.717) is 17.3 Å². The van der Waals surface area contributed by atoms with Crippen molar-refractivity contribution in [1.29, 1.82) is 0 Å². The van der Waals surface area contributed by atoms with Crippen molar-refractivity contribution in [3.05, 3.63) is 52.0 Å². The van der Waals surface area contributed by atoms with Crippen LogP contribution in [0.5, 0.6) is 0 Å². The van der Waals surface area contributed by atoms with Crippen LogP contribution in [-0.4, -0.2) is 23.4 Å². The molecule has 2 aromatic rings. The molecule has 1 aromatic heterocycles. The van der Waals surface area contributed by atoms with Crippen LogP contribution in [0.2, 0.25) is 5.02 Å². The summed E-state index contributed by atoms with van der Waals surface area (Å²) in [6.07, 6.45) is 1.71. The van der Waals surface area contributed by atoms with Gasteiger partial charge < -0.3 is 5.32 Å². The van der Waals surface area contributed by atoms with Crippen molar-refractivity contribution in [1.82, 2.24) is 10.2 Å². The summed E-state index contributed by atoms with van der Waals surface area (Å²) in [6.45, 7) is 2.14. The number of hydrogen-bond donors (Lipinski definition) is 1. The summed E-state index contributed by atoms with van der Waals surface area (Å²) in [5, 5.41) is 3.31. The monoisotopic (exact) mass is 364 g/mol. The average molecular weight is 365 g/mol. The Morgan fingerprint density at radius 3 is 2.61 bits per heavy atom. The number of imide groups is 1. The zero-order chi connectivity index (χ0) is 16.4. The number of nitrogens with zero attached hydrogens (tertiary/aromatic N) is 1. The van der Waals surface area contributed by atoms with E-state index in [4.69, 9.17) is 11.6 Å². The number of carbonyl (C=O) groups excluding carboxylic acids is 2. The Bertz CT molecular complexity index is 784. The lowest BCUT2D eigenvalue weighted by atomic mass is 10.3. The predicted octanol–water partition coefficient (Wildman–Crippen LogP) is 4.47. The molecule has 0 saturated carbocycles. The second kappa shape index (κ2) is 6.78. The maximum atomic E-state index is 12.0. The van der Waals surface area contributed by atoms with Crippen molar-refractivity contribution in [3.63, 3.8) is 0 Å². The lowest BCUT2D eigenvalue weighted by molar-refractivity contribution is -0.122. The van der Waals surface area contributed by atoms with Gasteiger partial charge in [-0.1, -0.05) is 23.4 Å². The van der Waals surface area contributed by atoms with Crippen LogP contribution in [0.3, 0.4) is 0 Å². The first kappa shape index (κ1) is 16.1. The third kappa shape index (κ3) is 3.60. The van der Waals surface area contributed by atoms with Gasteiger partial charge in [-0.25, -0.2) is 4.79 Å². The number of benzene rings is 1. The number of likely N-dealkylation sites (N-methyl/N-ethyl adjacent to an activating group) is 1. The summed E-state index contributed by atoms with van der Waals surface area (Å²) in [7, 11) is 0. The van der Waals surface area contributed by atoms with E-state index in [2.05, 4.69) is 5.32 Å². The highest BCUT2D eigenvalue weighted by atomic mass is 35.5. The van der Waals surface area contributed by atoms with Crippen molar-refractivity contribution < 1.29 is 9.59 Å². The van der Waals surface area contributed by atoms with Crippen molar-refractivity contribution in [2.24, 2.45) is 0 Å². The Hall–Kier alpha value is -1.76. The molecular formula is C16H13ClN2O2S2. The van der Waals surface area contributed by atoms with Gasteiger partial charge in [-0.15, -0.1) is 11.3 Å². The first-order valence-corrected chi connectivity index (χ1v) is 8.95. The summed E-state index contributed by atoms with van der Waals surface area (Å²) in [4.78, 5) is 26.9. The largest absolute Gasteiger partial charge is 0.328 e. The van der Waals surface area contributed by atoms with E-state index in [-0.39, 0.29) is 11.9 Å². The first-order chi connectivity index (χ1) is 11.1. The van der Waals surface area contributed by atoms with Gasteiger partial charge >= 0.3 is 6.03 Å². The molecule has 1 aliphatic rings. The van der Waals surface area contributed by atoms with Gasteiger partial charge in [0.05, 0.1) is 4.21 Å². The molecule has 0 atom stereocenters. The summed E-state index contributed by atoms with van der Waals surface area (Å²) in [5.41, 5.74) is 0.321. The molecule has 0 aliphatic carbocycles. The van der Waals surface area contributed by atoms with E-state index in [1.54, 1.807) is 36.1 Å². The predicted molar refractivity (Wildman–Crippen MR) is 93.8 cm³/mol. The number of carbonyl (C=O) groups is 2. The van der Waals surface area contributed by atoms with Crippen LogP contribution in [-0.2, 0) is 4.79 Å². The lowest BCUT2D eigenvalue weighted by Gasteiger charge is -2.05. The molecule has 0 radical (unpaired) electrons. The van der Waals surface area contributed by atoms with Crippen LogP contribution < -0.4 is 5.32 Å². The van der Waals surface area contributed by atoms with Gasteiger partial charge in [0.2, 0.25) is 0 Å². The molecule has 1 saturated heterocycles. The molecule has 3 amide bonds. The highest BCUT2D eigenvalue weighted by Gasteiger charge is 2.32. The maximum absolute atomic E-state index is 12.0. The second-order valence-electron chi connectivity index (χ2n) is 4.75. The third-order valence-electron chi connectivity index (χ3n) is 3.20. The van der Waals surface area contributed by atoms with Crippen molar-refractivity contribution in [2.75, 3.05) is 6.54 Å². The smallest absolute Gasteiger partial charge is 0.303 e. The maximum Gasteiger partial charge on any atom is 0.328 e. The molecule has 118 valence electrons. The number of hydrogen-bond acceptors (Lipinski definition) is 4. The fraction of sp³-hybridized carbons (Fsp3) is 0.125. The van der Waals surface area contributed by atoms with Gasteiger partial charge in [-0.05, 0) is 49.4 Å². The Balaban J connectivity index is 1.75. The molecule has 23 heavy (non-hydrogen) atoms. The van der Waals surface area contributed by atoms with E-state index >= 15 is 0 Å². The van der Waals surface area contributed by atoms with Gasteiger partial charge in [-0.2, -0.15) is 0 Å². The van der Waals surface area contributed by atoms with Crippen molar-refractivity contribution in [2.45, 2.75) is 16.0 Å². The number of halogens is 1. The Morgan fingerprint density at radius 1 is 1.22 bits per heavy atom. The summed E-state index contributed by atoms with van der Waals surface area (Å²) in [5.74, 6) is -0.280. The molecule has 7 heteroatoms. The third-order valence-corrected chi connectivity index (χ3v) is 5.62. The van der Waals surface area contributed by atoms with E-state index in [0.717, 1.165) is 14.0 Å². The molecule has 0 unspecified atom stereocenters. The average Bonchev–Trinajstić information content (AvgIpc) is 3.07. The van der Waals surface area contributed by atoms with Gasteiger partial charge in [0, 0.05) is 21.3 Å². The molecule has 0 spiro atoms.